The summed E-state index contributed by atoms with van der Waals surface area (Å²) in [6.45, 7) is 3.98. The molecule has 1 heterocycles. The SMILES string of the molecule is C[C@H](NC(=O)N[C@H](C)c1ccco1)C1CCC1. The Bertz CT molecular complexity index is 358. The number of furan rings is 1. The molecule has 0 saturated heterocycles. The number of carbonyl (C=O) groups excluding carboxylic acids is 1. The number of hydrogen-bond donors (Lipinski definition) is 2. The fraction of sp³-hybridized carbons (Fsp3) is 0.615. The molecule has 1 aliphatic carbocycles. The quantitative estimate of drug-likeness (QED) is 0.844. The molecule has 1 aliphatic rings. The molecule has 4 nitrogen and oxygen atoms in total. The molecule has 0 spiro atoms. The van der Waals surface area contributed by atoms with Gasteiger partial charge in [-0.1, -0.05) is 6.42 Å². The van der Waals surface area contributed by atoms with Crippen LogP contribution in [0.2, 0.25) is 0 Å². The standard InChI is InChI=1S/C13H20N2O2/c1-9(11-5-3-6-11)14-13(16)15-10(2)12-7-4-8-17-12/h4,7-11H,3,5-6H2,1-2H3,(H2,14,15,16)/t9-,10+/m0/s1. The zero-order chi connectivity index (χ0) is 12.3. The molecule has 2 rings (SSSR count). The first kappa shape index (κ1) is 12.0. The van der Waals surface area contributed by atoms with Gasteiger partial charge in [0.25, 0.3) is 0 Å². The Hall–Kier alpha value is -1.45. The maximum Gasteiger partial charge on any atom is 0.315 e. The Morgan fingerprint density at radius 2 is 2.18 bits per heavy atom. The van der Waals surface area contributed by atoms with Gasteiger partial charge in [0.1, 0.15) is 5.76 Å². The second-order valence-corrected chi connectivity index (χ2v) is 4.83. The lowest BCUT2D eigenvalue weighted by atomic mass is 9.80. The summed E-state index contributed by atoms with van der Waals surface area (Å²) in [5.74, 6) is 1.43. The molecule has 1 aromatic heterocycles. The zero-order valence-electron chi connectivity index (χ0n) is 10.4. The van der Waals surface area contributed by atoms with E-state index in [-0.39, 0.29) is 18.1 Å². The van der Waals surface area contributed by atoms with Gasteiger partial charge in [-0.25, -0.2) is 4.79 Å². The highest BCUT2D eigenvalue weighted by Gasteiger charge is 2.25. The summed E-state index contributed by atoms with van der Waals surface area (Å²) >= 11 is 0. The van der Waals surface area contributed by atoms with Crippen molar-refractivity contribution < 1.29 is 9.21 Å². The molecule has 2 atom stereocenters. The number of amides is 2. The highest BCUT2D eigenvalue weighted by molar-refractivity contribution is 5.74. The van der Waals surface area contributed by atoms with Gasteiger partial charge in [-0.3, -0.25) is 0 Å². The van der Waals surface area contributed by atoms with E-state index in [0.29, 0.717) is 5.92 Å². The smallest absolute Gasteiger partial charge is 0.315 e. The van der Waals surface area contributed by atoms with E-state index in [4.69, 9.17) is 4.42 Å². The van der Waals surface area contributed by atoms with Crippen molar-refractivity contribution in [2.75, 3.05) is 0 Å². The maximum atomic E-state index is 11.7. The largest absolute Gasteiger partial charge is 0.467 e. The number of nitrogens with one attached hydrogen (secondary N) is 2. The van der Waals surface area contributed by atoms with Gasteiger partial charge >= 0.3 is 6.03 Å². The van der Waals surface area contributed by atoms with Crippen molar-refractivity contribution >= 4 is 6.03 Å². The van der Waals surface area contributed by atoms with Crippen LogP contribution in [0.4, 0.5) is 4.79 Å². The Morgan fingerprint density at radius 3 is 2.71 bits per heavy atom. The van der Waals surface area contributed by atoms with Crippen molar-refractivity contribution in [3.8, 4) is 0 Å². The Balaban J connectivity index is 1.76. The van der Waals surface area contributed by atoms with E-state index in [0.717, 1.165) is 5.76 Å². The fourth-order valence-electron chi connectivity index (χ4n) is 2.11. The molecule has 2 amide bonds. The first-order valence-electron chi connectivity index (χ1n) is 6.27. The van der Waals surface area contributed by atoms with E-state index in [1.807, 2.05) is 19.1 Å². The predicted molar refractivity (Wildman–Crippen MR) is 65.6 cm³/mol. The molecule has 94 valence electrons. The van der Waals surface area contributed by atoms with Crippen molar-refractivity contribution in [3.05, 3.63) is 24.2 Å². The lowest BCUT2D eigenvalue weighted by molar-refractivity contribution is 0.210. The molecule has 4 heteroatoms. The summed E-state index contributed by atoms with van der Waals surface area (Å²) < 4.78 is 5.24. The van der Waals surface area contributed by atoms with Gasteiger partial charge < -0.3 is 15.1 Å². The van der Waals surface area contributed by atoms with Crippen molar-refractivity contribution in [2.45, 2.75) is 45.2 Å². The average Bonchev–Trinajstić information content (AvgIpc) is 2.66. The highest BCUT2D eigenvalue weighted by atomic mass is 16.3. The molecule has 0 bridgehead atoms. The van der Waals surface area contributed by atoms with Gasteiger partial charge in [-0.2, -0.15) is 0 Å². The molecule has 1 saturated carbocycles. The molecule has 0 radical (unpaired) electrons. The molecule has 1 aromatic rings. The zero-order valence-corrected chi connectivity index (χ0v) is 10.4. The van der Waals surface area contributed by atoms with E-state index < -0.39 is 0 Å². The number of rotatable bonds is 4. The minimum atomic E-state index is -0.117. The normalized spacial score (nSPS) is 19.2. The summed E-state index contributed by atoms with van der Waals surface area (Å²) in [7, 11) is 0. The minimum absolute atomic E-state index is 0.0985. The molecule has 2 N–H and O–H groups in total. The molecule has 1 fully saturated rings. The van der Waals surface area contributed by atoms with E-state index in [2.05, 4.69) is 17.6 Å². The Labute approximate surface area is 102 Å². The number of carbonyl (C=O) groups is 1. The van der Waals surface area contributed by atoms with Crippen LogP contribution >= 0.6 is 0 Å². The Kier molecular flexibility index (Phi) is 3.71. The third kappa shape index (κ3) is 3.02. The van der Waals surface area contributed by atoms with Crippen LogP contribution in [-0.2, 0) is 0 Å². The van der Waals surface area contributed by atoms with Crippen molar-refractivity contribution in [2.24, 2.45) is 5.92 Å². The van der Waals surface area contributed by atoms with Gasteiger partial charge in [-0.15, -0.1) is 0 Å². The molecule has 17 heavy (non-hydrogen) atoms. The van der Waals surface area contributed by atoms with Crippen LogP contribution in [0.15, 0.2) is 22.8 Å². The van der Waals surface area contributed by atoms with Crippen LogP contribution in [0, 0.1) is 5.92 Å². The monoisotopic (exact) mass is 236 g/mol. The predicted octanol–water partition coefficient (Wildman–Crippen LogP) is 2.83. The summed E-state index contributed by atoms with van der Waals surface area (Å²) in [5, 5.41) is 5.86. The summed E-state index contributed by atoms with van der Waals surface area (Å²) in [6, 6.07) is 3.72. The van der Waals surface area contributed by atoms with Crippen LogP contribution in [0.1, 0.15) is 44.9 Å². The minimum Gasteiger partial charge on any atom is -0.467 e. The first-order valence-corrected chi connectivity index (χ1v) is 6.27. The van der Waals surface area contributed by atoms with E-state index in [9.17, 15) is 4.79 Å². The lowest BCUT2D eigenvalue weighted by Gasteiger charge is -2.32. The third-order valence-electron chi connectivity index (χ3n) is 3.53. The number of urea groups is 1. The third-order valence-corrected chi connectivity index (χ3v) is 3.53. The number of hydrogen-bond acceptors (Lipinski definition) is 2. The van der Waals surface area contributed by atoms with Gasteiger partial charge in [0.05, 0.1) is 12.3 Å². The maximum absolute atomic E-state index is 11.7. The second-order valence-electron chi connectivity index (χ2n) is 4.83. The molecule has 0 unspecified atom stereocenters. The van der Waals surface area contributed by atoms with Crippen LogP contribution in [0.25, 0.3) is 0 Å². The van der Waals surface area contributed by atoms with Gasteiger partial charge in [0, 0.05) is 6.04 Å². The van der Waals surface area contributed by atoms with E-state index in [1.165, 1.54) is 19.3 Å². The fourth-order valence-corrected chi connectivity index (χ4v) is 2.11. The molecular weight excluding hydrogens is 216 g/mol. The van der Waals surface area contributed by atoms with Crippen LogP contribution in [-0.4, -0.2) is 12.1 Å². The van der Waals surface area contributed by atoms with Crippen LogP contribution in [0.5, 0.6) is 0 Å². The van der Waals surface area contributed by atoms with Gasteiger partial charge in [-0.05, 0) is 44.7 Å². The second kappa shape index (κ2) is 5.25. The average molecular weight is 236 g/mol. The molecule has 0 aliphatic heterocycles. The first-order chi connectivity index (χ1) is 8.16. The summed E-state index contributed by atoms with van der Waals surface area (Å²) in [4.78, 5) is 11.7. The van der Waals surface area contributed by atoms with Gasteiger partial charge in [0.2, 0.25) is 0 Å². The lowest BCUT2D eigenvalue weighted by Crippen LogP contribution is -2.46. The van der Waals surface area contributed by atoms with Crippen molar-refractivity contribution in [3.63, 3.8) is 0 Å². The molecule has 0 aromatic carbocycles. The van der Waals surface area contributed by atoms with E-state index in [1.54, 1.807) is 6.26 Å². The Morgan fingerprint density at radius 1 is 1.41 bits per heavy atom. The summed E-state index contributed by atoms with van der Waals surface area (Å²) in [6.07, 6.45) is 5.37. The van der Waals surface area contributed by atoms with Crippen molar-refractivity contribution in [1.82, 2.24) is 10.6 Å². The topological polar surface area (TPSA) is 54.3 Å². The van der Waals surface area contributed by atoms with E-state index >= 15 is 0 Å². The van der Waals surface area contributed by atoms with Crippen LogP contribution in [0.3, 0.4) is 0 Å². The van der Waals surface area contributed by atoms with Crippen LogP contribution < -0.4 is 10.6 Å². The van der Waals surface area contributed by atoms with Gasteiger partial charge in [0.15, 0.2) is 0 Å². The molecular formula is C13H20N2O2. The van der Waals surface area contributed by atoms with Crippen molar-refractivity contribution in [1.29, 1.82) is 0 Å². The highest BCUT2D eigenvalue weighted by Crippen LogP contribution is 2.29. The summed E-state index contributed by atoms with van der Waals surface area (Å²) in [5.41, 5.74) is 0.